The first-order valence-corrected chi connectivity index (χ1v) is 10.4. The number of aromatic nitrogens is 2. The molecule has 26 heavy (non-hydrogen) atoms. The first kappa shape index (κ1) is 17.3. The van der Waals surface area contributed by atoms with Crippen molar-refractivity contribution in [3.63, 3.8) is 0 Å². The first-order valence-electron chi connectivity index (χ1n) is 8.58. The molecular weight excluding hydrogens is 366 g/mol. The fraction of sp³-hybridized carbons (Fsp3) is 0.316. The Hall–Kier alpha value is -2.12. The molecule has 2 heterocycles. The first-order chi connectivity index (χ1) is 12.5. The fourth-order valence-corrected chi connectivity index (χ4v) is 5.42. The number of hydrogen-bond donors (Lipinski definition) is 1. The zero-order chi connectivity index (χ0) is 18.3. The summed E-state index contributed by atoms with van der Waals surface area (Å²) in [5.74, 6) is 0.240. The summed E-state index contributed by atoms with van der Waals surface area (Å²) in [7, 11) is 0. The molecule has 1 unspecified atom stereocenters. The normalized spacial score (nSPS) is 16.6. The molecule has 1 atom stereocenters. The highest BCUT2D eigenvalue weighted by atomic mass is 32.2. The van der Waals surface area contributed by atoms with E-state index in [1.807, 2.05) is 30.3 Å². The van der Waals surface area contributed by atoms with Crippen molar-refractivity contribution in [1.82, 2.24) is 9.55 Å². The molecule has 1 aromatic carbocycles. The van der Waals surface area contributed by atoms with E-state index in [9.17, 15) is 9.59 Å². The van der Waals surface area contributed by atoms with E-state index in [1.165, 1.54) is 16.6 Å². The van der Waals surface area contributed by atoms with Gasteiger partial charge < -0.3 is 5.73 Å². The van der Waals surface area contributed by atoms with Crippen LogP contribution in [0, 0.1) is 5.92 Å². The predicted molar refractivity (Wildman–Crippen MR) is 106 cm³/mol. The monoisotopic (exact) mass is 385 g/mol. The van der Waals surface area contributed by atoms with Gasteiger partial charge in [0.05, 0.1) is 16.8 Å². The average molecular weight is 386 g/mol. The van der Waals surface area contributed by atoms with Crippen molar-refractivity contribution in [2.75, 3.05) is 5.75 Å². The smallest absolute Gasteiger partial charge is 0.267 e. The van der Waals surface area contributed by atoms with Gasteiger partial charge in [0.25, 0.3) is 5.56 Å². The van der Waals surface area contributed by atoms with Crippen LogP contribution in [0.15, 0.2) is 40.3 Å². The Morgan fingerprint density at radius 1 is 1.38 bits per heavy atom. The number of thiophene rings is 1. The Morgan fingerprint density at radius 2 is 2.15 bits per heavy atom. The number of carbonyl (C=O) groups is 1. The van der Waals surface area contributed by atoms with E-state index in [0.29, 0.717) is 11.1 Å². The quantitative estimate of drug-likeness (QED) is 0.553. The van der Waals surface area contributed by atoms with Gasteiger partial charge in [-0.25, -0.2) is 4.98 Å². The van der Waals surface area contributed by atoms with Crippen LogP contribution in [-0.2, 0) is 17.6 Å². The predicted octanol–water partition coefficient (Wildman–Crippen LogP) is 3.15. The molecule has 2 aromatic heterocycles. The van der Waals surface area contributed by atoms with Crippen molar-refractivity contribution >= 4 is 39.2 Å². The Balaban J connectivity index is 1.97. The van der Waals surface area contributed by atoms with Crippen molar-refractivity contribution in [3.05, 3.63) is 51.1 Å². The van der Waals surface area contributed by atoms with Crippen molar-refractivity contribution in [2.45, 2.75) is 31.3 Å². The molecule has 0 fully saturated rings. The van der Waals surface area contributed by atoms with E-state index in [4.69, 9.17) is 10.7 Å². The number of primary amides is 1. The fourth-order valence-electron chi connectivity index (χ4n) is 3.42. The van der Waals surface area contributed by atoms with Gasteiger partial charge in [-0.15, -0.1) is 11.3 Å². The van der Waals surface area contributed by atoms with E-state index >= 15 is 0 Å². The topological polar surface area (TPSA) is 78.0 Å². The number of benzene rings is 1. The van der Waals surface area contributed by atoms with Crippen LogP contribution in [-0.4, -0.2) is 21.2 Å². The number of rotatable bonds is 4. The van der Waals surface area contributed by atoms with Crippen LogP contribution >= 0.6 is 23.1 Å². The van der Waals surface area contributed by atoms with Crippen LogP contribution in [0.25, 0.3) is 15.9 Å². The van der Waals surface area contributed by atoms with Crippen molar-refractivity contribution < 1.29 is 4.79 Å². The van der Waals surface area contributed by atoms with E-state index in [1.54, 1.807) is 15.9 Å². The lowest BCUT2D eigenvalue weighted by molar-refractivity contribution is -0.115. The van der Waals surface area contributed by atoms with E-state index < -0.39 is 5.91 Å². The molecule has 4 rings (SSSR count). The minimum absolute atomic E-state index is 0.0558. The number of nitrogens with zero attached hydrogens (tertiary/aromatic N) is 2. The summed E-state index contributed by atoms with van der Waals surface area (Å²) in [5, 5.41) is 1.25. The Bertz CT molecular complexity index is 1040. The van der Waals surface area contributed by atoms with E-state index in [0.717, 1.165) is 40.7 Å². The number of carbonyl (C=O) groups excluding carboxylic acids is 1. The number of thioether (sulfide) groups is 1. The molecule has 0 saturated heterocycles. The summed E-state index contributed by atoms with van der Waals surface area (Å²) in [6.07, 6.45) is 3.08. The molecule has 0 spiro atoms. The van der Waals surface area contributed by atoms with Gasteiger partial charge in [-0.05, 0) is 42.9 Å². The largest absolute Gasteiger partial charge is 0.369 e. The highest BCUT2D eigenvalue weighted by Crippen LogP contribution is 2.36. The van der Waals surface area contributed by atoms with Gasteiger partial charge in [-0.2, -0.15) is 0 Å². The van der Waals surface area contributed by atoms with Crippen molar-refractivity contribution in [3.8, 4) is 5.69 Å². The summed E-state index contributed by atoms with van der Waals surface area (Å²) >= 11 is 2.82. The van der Waals surface area contributed by atoms with Gasteiger partial charge >= 0.3 is 0 Å². The summed E-state index contributed by atoms with van der Waals surface area (Å²) in [6.45, 7) is 2.23. The number of hydrogen-bond acceptors (Lipinski definition) is 5. The number of para-hydroxylation sites is 1. The highest BCUT2D eigenvalue weighted by molar-refractivity contribution is 7.99. The summed E-state index contributed by atoms with van der Waals surface area (Å²) < 4.78 is 1.61. The molecule has 0 aliphatic heterocycles. The molecule has 5 nitrogen and oxygen atoms in total. The van der Waals surface area contributed by atoms with Gasteiger partial charge in [0, 0.05) is 4.88 Å². The van der Waals surface area contributed by atoms with Crippen LogP contribution in [0.4, 0.5) is 0 Å². The molecule has 1 aliphatic carbocycles. The van der Waals surface area contributed by atoms with Crippen LogP contribution < -0.4 is 11.3 Å². The highest BCUT2D eigenvalue weighted by Gasteiger charge is 2.25. The Morgan fingerprint density at radius 3 is 2.88 bits per heavy atom. The Labute approximate surface area is 159 Å². The third-order valence-electron chi connectivity index (χ3n) is 4.65. The summed E-state index contributed by atoms with van der Waals surface area (Å²) in [6, 6.07) is 9.44. The molecule has 7 heteroatoms. The van der Waals surface area contributed by atoms with Gasteiger partial charge in [0.1, 0.15) is 4.83 Å². The van der Waals surface area contributed by atoms with Crippen molar-refractivity contribution in [1.29, 1.82) is 0 Å². The molecule has 0 bridgehead atoms. The summed E-state index contributed by atoms with van der Waals surface area (Å²) in [5.41, 5.74) is 7.16. The number of nitrogens with two attached hydrogens (primary N) is 1. The number of aryl methyl sites for hydroxylation is 1. The maximum absolute atomic E-state index is 13.4. The minimum Gasteiger partial charge on any atom is -0.369 e. The van der Waals surface area contributed by atoms with Gasteiger partial charge in [-0.1, -0.05) is 36.9 Å². The standard InChI is InChI=1S/C19H19N3O2S2/c1-11-7-8-14-13(9-11)16-17(26-14)21-19(25-10-15(20)23)22(18(16)24)12-5-3-2-4-6-12/h2-6,11H,7-10H2,1H3,(H2,20,23). The van der Waals surface area contributed by atoms with Gasteiger partial charge in [0.15, 0.2) is 5.16 Å². The average Bonchev–Trinajstić information content (AvgIpc) is 2.98. The third kappa shape index (κ3) is 3.05. The number of amides is 1. The second kappa shape index (κ2) is 6.89. The van der Waals surface area contributed by atoms with Crippen molar-refractivity contribution in [2.24, 2.45) is 11.7 Å². The summed E-state index contributed by atoms with van der Waals surface area (Å²) in [4.78, 5) is 31.5. The maximum atomic E-state index is 13.4. The number of fused-ring (bicyclic) bond motifs is 3. The molecule has 1 aliphatic rings. The van der Waals surface area contributed by atoms with Crippen LogP contribution in [0.3, 0.4) is 0 Å². The second-order valence-corrected chi connectivity index (χ2v) is 8.68. The lowest BCUT2D eigenvalue weighted by Gasteiger charge is -2.18. The Kier molecular flexibility index (Phi) is 4.58. The van der Waals surface area contributed by atoms with Crippen LogP contribution in [0.1, 0.15) is 23.8 Å². The SMILES string of the molecule is CC1CCc2sc3nc(SCC(N)=O)n(-c4ccccc4)c(=O)c3c2C1. The third-order valence-corrected chi connectivity index (χ3v) is 6.80. The van der Waals surface area contributed by atoms with E-state index in [-0.39, 0.29) is 11.3 Å². The van der Waals surface area contributed by atoms with E-state index in [2.05, 4.69) is 6.92 Å². The zero-order valence-corrected chi connectivity index (χ0v) is 16.0. The van der Waals surface area contributed by atoms with Gasteiger partial charge in [-0.3, -0.25) is 14.2 Å². The maximum Gasteiger partial charge on any atom is 0.267 e. The second-order valence-electron chi connectivity index (χ2n) is 6.66. The molecule has 0 saturated carbocycles. The molecule has 0 radical (unpaired) electrons. The lowest BCUT2D eigenvalue weighted by atomic mass is 9.89. The molecule has 2 N–H and O–H groups in total. The van der Waals surface area contributed by atoms with Gasteiger partial charge in [0.2, 0.25) is 5.91 Å². The molecule has 1 amide bonds. The molecular formula is C19H19N3O2S2. The molecule has 3 aromatic rings. The zero-order valence-electron chi connectivity index (χ0n) is 14.4. The molecule has 134 valence electrons. The van der Waals surface area contributed by atoms with Crippen LogP contribution in [0.5, 0.6) is 0 Å². The lowest BCUT2D eigenvalue weighted by Crippen LogP contribution is -2.23. The van der Waals surface area contributed by atoms with Crippen LogP contribution in [0.2, 0.25) is 0 Å². The minimum atomic E-state index is -0.428.